The molecule has 2 rings (SSSR count). The van der Waals surface area contributed by atoms with Crippen LogP contribution in [0.25, 0.3) is 11.1 Å². The van der Waals surface area contributed by atoms with Crippen LogP contribution in [0.2, 0.25) is 0 Å². The summed E-state index contributed by atoms with van der Waals surface area (Å²) in [6, 6.07) is 5.51. The van der Waals surface area contributed by atoms with Crippen molar-refractivity contribution in [1.29, 1.82) is 0 Å². The van der Waals surface area contributed by atoms with E-state index in [0.29, 0.717) is 17.0 Å². The number of benzene rings is 1. The molecule has 0 aliphatic carbocycles. The molecule has 1 aromatic heterocycles. The molecule has 0 saturated carbocycles. The number of oxazole rings is 1. The summed E-state index contributed by atoms with van der Waals surface area (Å²) in [5, 5.41) is 0. The minimum atomic E-state index is -0.430. The molecule has 0 amide bonds. The van der Waals surface area contributed by atoms with Gasteiger partial charge in [-0.1, -0.05) is 19.9 Å². The normalized spacial score (nSPS) is 13.6. The topological polar surface area (TPSA) is 72.0 Å². The number of aromatic nitrogens is 1. The van der Waals surface area contributed by atoms with Crippen molar-refractivity contribution >= 4 is 11.1 Å². The van der Waals surface area contributed by atoms with E-state index in [9.17, 15) is 4.79 Å². The fourth-order valence-electron chi connectivity index (χ4n) is 1.56. The third-order valence-corrected chi connectivity index (χ3v) is 2.55. The molecule has 1 aromatic carbocycles. The molecule has 1 heterocycles. The number of H-pyrrole nitrogens is 1. The SMILES string of the molecule is CC(C)C(N)c1ccc2oc(=O)[nH]c2c1. The molecule has 0 aliphatic heterocycles. The van der Waals surface area contributed by atoms with E-state index >= 15 is 0 Å². The number of hydrogen-bond donors (Lipinski definition) is 2. The summed E-state index contributed by atoms with van der Waals surface area (Å²) >= 11 is 0. The summed E-state index contributed by atoms with van der Waals surface area (Å²) in [6.45, 7) is 4.12. The van der Waals surface area contributed by atoms with Gasteiger partial charge in [-0.3, -0.25) is 4.98 Å². The molecule has 1 atom stereocenters. The van der Waals surface area contributed by atoms with Crippen molar-refractivity contribution in [2.45, 2.75) is 19.9 Å². The Labute approximate surface area is 87.1 Å². The summed E-state index contributed by atoms with van der Waals surface area (Å²) in [4.78, 5) is 13.6. The highest BCUT2D eigenvalue weighted by atomic mass is 16.4. The van der Waals surface area contributed by atoms with Crippen LogP contribution in [0.4, 0.5) is 0 Å². The molecule has 0 bridgehead atoms. The molecule has 3 N–H and O–H groups in total. The van der Waals surface area contributed by atoms with Gasteiger partial charge in [0.2, 0.25) is 0 Å². The summed E-state index contributed by atoms with van der Waals surface area (Å²) in [6.07, 6.45) is 0. The van der Waals surface area contributed by atoms with E-state index in [-0.39, 0.29) is 6.04 Å². The van der Waals surface area contributed by atoms with E-state index < -0.39 is 5.76 Å². The van der Waals surface area contributed by atoms with Crippen molar-refractivity contribution in [1.82, 2.24) is 4.98 Å². The van der Waals surface area contributed by atoms with Crippen LogP contribution >= 0.6 is 0 Å². The van der Waals surface area contributed by atoms with Crippen molar-refractivity contribution in [3.05, 3.63) is 34.3 Å². The number of nitrogens with two attached hydrogens (primary N) is 1. The summed E-state index contributed by atoms with van der Waals surface area (Å²) in [5.41, 5.74) is 8.29. The first-order chi connectivity index (χ1) is 7.08. The van der Waals surface area contributed by atoms with Gasteiger partial charge in [0, 0.05) is 6.04 Å². The van der Waals surface area contributed by atoms with Crippen LogP contribution in [-0.2, 0) is 0 Å². The number of hydrogen-bond acceptors (Lipinski definition) is 3. The van der Waals surface area contributed by atoms with Gasteiger partial charge in [0.1, 0.15) is 0 Å². The second-order valence-corrected chi connectivity index (χ2v) is 4.04. The fraction of sp³-hybridized carbons (Fsp3) is 0.364. The van der Waals surface area contributed by atoms with Gasteiger partial charge in [-0.05, 0) is 23.6 Å². The van der Waals surface area contributed by atoms with Crippen LogP contribution in [0.3, 0.4) is 0 Å². The molecular weight excluding hydrogens is 192 g/mol. The largest absolute Gasteiger partial charge is 0.417 e. The first-order valence-electron chi connectivity index (χ1n) is 4.96. The second-order valence-electron chi connectivity index (χ2n) is 4.04. The molecule has 2 aromatic rings. The highest BCUT2D eigenvalue weighted by molar-refractivity contribution is 5.72. The van der Waals surface area contributed by atoms with Gasteiger partial charge in [0.05, 0.1) is 5.52 Å². The average molecular weight is 206 g/mol. The minimum Gasteiger partial charge on any atom is -0.408 e. The lowest BCUT2D eigenvalue weighted by Gasteiger charge is -2.15. The summed E-state index contributed by atoms with van der Waals surface area (Å²) in [5.74, 6) is -0.0682. The quantitative estimate of drug-likeness (QED) is 0.786. The molecule has 15 heavy (non-hydrogen) atoms. The van der Waals surface area contributed by atoms with E-state index in [1.807, 2.05) is 12.1 Å². The monoisotopic (exact) mass is 206 g/mol. The van der Waals surface area contributed by atoms with Crippen LogP contribution < -0.4 is 11.5 Å². The van der Waals surface area contributed by atoms with Gasteiger partial charge in [-0.2, -0.15) is 0 Å². The molecule has 0 radical (unpaired) electrons. The number of fused-ring (bicyclic) bond motifs is 1. The number of aromatic amines is 1. The van der Waals surface area contributed by atoms with Gasteiger partial charge in [-0.15, -0.1) is 0 Å². The molecule has 0 spiro atoms. The number of nitrogens with one attached hydrogen (secondary N) is 1. The summed E-state index contributed by atoms with van der Waals surface area (Å²) in [7, 11) is 0. The molecule has 4 nitrogen and oxygen atoms in total. The van der Waals surface area contributed by atoms with Gasteiger partial charge >= 0.3 is 5.76 Å². The van der Waals surface area contributed by atoms with Crippen LogP contribution in [0.1, 0.15) is 25.5 Å². The second kappa shape index (κ2) is 3.55. The van der Waals surface area contributed by atoms with Gasteiger partial charge in [-0.25, -0.2) is 4.79 Å². The van der Waals surface area contributed by atoms with Crippen molar-refractivity contribution in [2.24, 2.45) is 11.7 Å². The minimum absolute atomic E-state index is 0.0206. The predicted octanol–water partition coefficient (Wildman–Crippen LogP) is 1.78. The Kier molecular flexibility index (Phi) is 2.36. The Hall–Kier alpha value is -1.55. The van der Waals surface area contributed by atoms with Crippen molar-refractivity contribution in [2.75, 3.05) is 0 Å². The lowest BCUT2D eigenvalue weighted by atomic mass is 9.97. The molecular formula is C11H14N2O2. The maximum absolute atomic E-state index is 11.0. The first-order valence-corrected chi connectivity index (χ1v) is 4.96. The van der Waals surface area contributed by atoms with Crippen LogP contribution in [0.5, 0.6) is 0 Å². The van der Waals surface area contributed by atoms with E-state index in [1.54, 1.807) is 6.07 Å². The Morgan fingerprint density at radius 2 is 2.13 bits per heavy atom. The van der Waals surface area contributed by atoms with Gasteiger partial charge in [0.15, 0.2) is 5.58 Å². The molecule has 80 valence electrons. The fourth-order valence-corrected chi connectivity index (χ4v) is 1.56. The van der Waals surface area contributed by atoms with Gasteiger partial charge in [0.25, 0.3) is 0 Å². The lowest BCUT2D eigenvalue weighted by molar-refractivity contribution is 0.514. The van der Waals surface area contributed by atoms with Crippen LogP contribution in [0.15, 0.2) is 27.4 Å². The number of rotatable bonds is 2. The molecule has 1 unspecified atom stereocenters. The predicted molar refractivity (Wildman–Crippen MR) is 58.6 cm³/mol. The standard InChI is InChI=1S/C11H14N2O2/c1-6(2)10(12)7-3-4-9-8(5-7)13-11(14)15-9/h3-6,10H,12H2,1-2H3,(H,13,14). The Bertz CT molecular complexity index is 525. The maximum atomic E-state index is 11.0. The molecule has 0 fully saturated rings. The molecule has 0 aliphatic rings. The van der Waals surface area contributed by atoms with E-state index in [4.69, 9.17) is 10.2 Å². The van der Waals surface area contributed by atoms with Crippen molar-refractivity contribution in [3.8, 4) is 0 Å². The van der Waals surface area contributed by atoms with Crippen LogP contribution in [0, 0.1) is 5.92 Å². The average Bonchev–Trinajstić information content (AvgIpc) is 2.55. The Balaban J connectivity index is 2.50. The van der Waals surface area contributed by atoms with Crippen molar-refractivity contribution in [3.63, 3.8) is 0 Å². The molecule has 4 heteroatoms. The van der Waals surface area contributed by atoms with Crippen molar-refractivity contribution < 1.29 is 4.42 Å². The molecule has 0 saturated heterocycles. The Morgan fingerprint density at radius 1 is 1.40 bits per heavy atom. The summed E-state index contributed by atoms with van der Waals surface area (Å²) < 4.78 is 4.91. The third-order valence-electron chi connectivity index (χ3n) is 2.55. The van der Waals surface area contributed by atoms with E-state index in [1.165, 1.54) is 0 Å². The Morgan fingerprint density at radius 3 is 2.80 bits per heavy atom. The van der Waals surface area contributed by atoms with E-state index in [2.05, 4.69) is 18.8 Å². The lowest BCUT2D eigenvalue weighted by Crippen LogP contribution is -2.16. The van der Waals surface area contributed by atoms with E-state index in [0.717, 1.165) is 5.56 Å². The zero-order valence-electron chi connectivity index (χ0n) is 8.78. The highest BCUT2D eigenvalue weighted by Gasteiger charge is 2.11. The third kappa shape index (κ3) is 1.80. The highest BCUT2D eigenvalue weighted by Crippen LogP contribution is 2.21. The van der Waals surface area contributed by atoms with Gasteiger partial charge < -0.3 is 10.2 Å². The zero-order valence-corrected chi connectivity index (χ0v) is 8.78. The maximum Gasteiger partial charge on any atom is 0.417 e. The zero-order chi connectivity index (χ0) is 11.0. The van der Waals surface area contributed by atoms with Crippen LogP contribution in [-0.4, -0.2) is 4.98 Å². The smallest absolute Gasteiger partial charge is 0.408 e. The first kappa shape index (κ1) is 9.98.